The molecule has 1 saturated heterocycles. The maximum Gasteiger partial charge on any atom is 0.222 e. The van der Waals surface area contributed by atoms with Gasteiger partial charge in [0.05, 0.1) is 6.61 Å². The predicted octanol–water partition coefficient (Wildman–Crippen LogP) is 3.18. The molecule has 28 heavy (non-hydrogen) atoms. The monoisotopic (exact) mass is 386 g/mol. The number of nitrogens with zero attached hydrogens (tertiary/aromatic N) is 2. The van der Waals surface area contributed by atoms with Crippen molar-refractivity contribution in [3.63, 3.8) is 0 Å². The molecule has 0 spiro atoms. The summed E-state index contributed by atoms with van der Waals surface area (Å²) in [5.74, 6) is -0.655. The molecule has 0 radical (unpaired) electrons. The number of fused-ring (bicyclic) bond motifs is 1. The van der Waals surface area contributed by atoms with E-state index >= 15 is 0 Å². The van der Waals surface area contributed by atoms with Gasteiger partial charge in [-0.25, -0.2) is 8.78 Å². The zero-order chi connectivity index (χ0) is 19.5. The van der Waals surface area contributed by atoms with E-state index in [0.717, 1.165) is 44.5 Å². The standard InChI is InChI=1S/C22H24F2N2O2/c23-19-4-1-16(14-20(19)24)3-6-22(27)26-10-8-25(9-11-26)15-17-2-5-21-18(13-17)7-12-28-21/h1-2,4-5,13-14H,3,6-12,15H2. The van der Waals surface area contributed by atoms with Crippen molar-refractivity contribution in [3.8, 4) is 5.75 Å². The third-order valence-electron chi connectivity index (χ3n) is 5.50. The van der Waals surface area contributed by atoms with Crippen molar-refractivity contribution in [2.75, 3.05) is 32.8 Å². The van der Waals surface area contributed by atoms with E-state index in [1.165, 1.54) is 23.3 Å². The molecule has 0 N–H and O–H groups in total. The number of hydrogen-bond donors (Lipinski definition) is 0. The minimum Gasteiger partial charge on any atom is -0.493 e. The molecular formula is C22H24F2N2O2. The van der Waals surface area contributed by atoms with Crippen molar-refractivity contribution < 1.29 is 18.3 Å². The van der Waals surface area contributed by atoms with Crippen LogP contribution in [0.15, 0.2) is 36.4 Å². The minimum absolute atomic E-state index is 0.0686. The van der Waals surface area contributed by atoms with Crippen molar-refractivity contribution in [1.82, 2.24) is 9.80 Å². The van der Waals surface area contributed by atoms with E-state index in [4.69, 9.17) is 4.74 Å². The Balaban J connectivity index is 1.24. The van der Waals surface area contributed by atoms with Crippen molar-refractivity contribution in [2.24, 2.45) is 0 Å². The lowest BCUT2D eigenvalue weighted by atomic mass is 10.1. The summed E-state index contributed by atoms with van der Waals surface area (Å²) in [5, 5.41) is 0. The highest BCUT2D eigenvalue weighted by molar-refractivity contribution is 5.76. The number of aryl methyl sites for hydroxylation is 1. The highest BCUT2D eigenvalue weighted by atomic mass is 19.2. The molecule has 2 aliphatic heterocycles. The van der Waals surface area contributed by atoms with Gasteiger partial charge in [0, 0.05) is 45.6 Å². The topological polar surface area (TPSA) is 32.8 Å². The van der Waals surface area contributed by atoms with Crippen molar-refractivity contribution in [3.05, 3.63) is 64.7 Å². The first kappa shape index (κ1) is 18.9. The molecule has 2 aromatic rings. The molecule has 0 unspecified atom stereocenters. The van der Waals surface area contributed by atoms with Gasteiger partial charge in [0.25, 0.3) is 0 Å². The first-order chi connectivity index (χ1) is 13.6. The van der Waals surface area contributed by atoms with E-state index in [1.807, 2.05) is 4.90 Å². The number of ether oxygens (including phenoxy) is 1. The molecule has 0 saturated carbocycles. The fraction of sp³-hybridized carbons (Fsp3) is 0.409. The third-order valence-corrected chi connectivity index (χ3v) is 5.50. The normalized spacial score (nSPS) is 16.7. The van der Waals surface area contributed by atoms with Gasteiger partial charge in [0.1, 0.15) is 5.75 Å². The van der Waals surface area contributed by atoms with Gasteiger partial charge in [-0.1, -0.05) is 18.2 Å². The van der Waals surface area contributed by atoms with Gasteiger partial charge in [-0.3, -0.25) is 9.69 Å². The van der Waals surface area contributed by atoms with Crippen LogP contribution in [-0.4, -0.2) is 48.5 Å². The van der Waals surface area contributed by atoms with Crippen LogP contribution in [0.2, 0.25) is 0 Å². The van der Waals surface area contributed by atoms with Gasteiger partial charge in [-0.15, -0.1) is 0 Å². The molecule has 4 nitrogen and oxygen atoms in total. The highest BCUT2D eigenvalue weighted by Crippen LogP contribution is 2.26. The molecule has 4 rings (SSSR count). The van der Waals surface area contributed by atoms with E-state index in [0.29, 0.717) is 31.5 Å². The summed E-state index contributed by atoms with van der Waals surface area (Å²) in [6.45, 7) is 4.72. The Morgan fingerprint density at radius 3 is 2.54 bits per heavy atom. The second kappa shape index (κ2) is 8.27. The number of rotatable bonds is 5. The van der Waals surface area contributed by atoms with Crippen molar-refractivity contribution in [2.45, 2.75) is 25.8 Å². The summed E-state index contributed by atoms with van der Waals surface area (Å²) in [4.78, 5) is 16.7. The SMILES string of the molecule is O=C(CCc1ccc(F)c(F)c1)N1CCN(Cc2ccc3c(c2)CCO3)CC1. The fourth-order valence-electron chi connectivity index (χ4n) is 3.86. The van der Waals surface area contributed by atoms with Crippen LogP contribution >= 0.6 is 0 Å². The van der Waals surface area contributed by atoms with Crippen LogP contribution in [0.4, 0.5) is 8.78 Å². The maximum absolute atomic E-state index is 13.3. The zero-order valence-corrected chi connectivity index (χ0v) is 15.8. The lowest BCUT2D eigenvalue weighted by molar-refractivity contribution is -0.133. The maximum atomic E-state index is 13.3. The van der Waals surface area contributed by atoms with Gasteiger partial charge in [0.15, 0.2) is 11.6 Å². The van der Waals surface area contributed by atoms with Crippen LogP contribution in [0.25, 0.3) is 0 Å². The minimum atomic E-state index is -0.864. The average Bonchev–Trinajstić information content (AvgIpc) is 3.17. The van der Waals surface area contributed by atoms with Crippen LogP contribution < -0.4 is 4.74 Å². The molecule has 2 heterocycles. The Hall–Kier alpha value is -2.47. The van der Waals surface area contributed by atoms with Crippen LogP contribution in [0, 0.1) is 11.6 Å². The van der Waals surface area contributed by atoms with Crippen molar-refractivity contribution >= 4 is 5.91 Å². The van der Waals surface area contributed by atoms with E-state index in [1.54, 1.807) is 0 Å². The third kappa shape index (κ3) is 4.33. The van der Waals surface area contributed by atoms with Crippen LogP contribution in [0.5, 0.6) is 5.75 Å². The lowest BCUT2D eigenvalue weighted by Gasteiger charge is -2.35. The number of benzene rings is 2. The Morgan fingerprint density at radius 1 is 0.964 bits per heavy atom. The summed E-state index contributed by atoms with van der Waals surface area (Å²) in [7, 11) is 0. The number of halogens is 2. The summed E-state index contributed by atoms with van der Waals surface area (Å²) >= 11 is 0. The van der Waals surface area contributed by atoms with Gasteiger partial charge < -0.3 is 9.64 Å². The highest BCUT2D eigenvalue weighted by Gasteiger charge is 2.21. The van der Waals surface area contributed by atoms with E-state index in [-0.39, 0.29) is 5.91 Å². The van der Waals surface area contributed by atoms with E-state index < -0.39 is 11.6 Å². The Kier molecular flexibility index (Phi) is 5.57. The van der Waals surface area contributed by atoms with Gasteiger partial charge in [-0.2, -0.15) is 0 Å². The summed E-state index contributed by atoms with van der Waals surface area (Å²) in [6, 6.07) is 10.2. The Morgan fingerprint density at radius 2 is 1.75 bits per heavy atom. The van der Waals surface area contributed by atoms with Gasteiger partial charge >= 0.3 is 0 Å². The first-order valence-electron chi connectivity index (χ1n) is 9.77. The van der Waals surface area contributed by atoms with Crippen LogP contribution in [0.1, 0.15) is 23.1 Å². The number of hydrogen-bond acceptors (Lipinski definition) is 3. The average molecular weight is 386 g/mol. The number of carbonyl (C=O) groups is 1. The number of carbonyl (C=O) groups excluding carboxylic acids is 1. The first-order valence-corrected chi connectivity index (χ1v) is 9.77. The Bertz CT molecular complexity index is 864. The van der Waals surface area contributed by atoms with Gasteiger partial charge in [0.2, 0.25) is 5.91 Å². The fourth-order valence-corrected chi connectivity index (χ4v) is 3.86. The van der Waals surface area contributed by atoms with Crippen molar-refractivity contribution in [1.29, 1.82) is 0 Å². The molecule has 148 valence electrons. The summed E-state index contributed by atoms with van der Waals surface area (Å²) in [5.41, 5.74) is 3.21. The van der Waals surface area contributed by atoms with Gasteiger partial charge in [-0.05, 0) is 41.3 Å². The molecule has 1 fully saturated rings. The molecule has 2 aromatic carbocycles. The van der Waals surface area contributed by atoms with Crippen LogP contribution in [0.3, 0.4) is 0 Å². The predicted molar refractivity (Wildman–Crippen MR) is 102 cm³/mol. The molecule has 2 aliphatic rings. The lowest BCUT2D eigenvalue weighted by Crippen LogP contribution is -2.48. The van der Waals surface area contributed by atoms with E-state index in [2.05, 4.69) is 23.1 Å². The van der Waals surface area contributed by atoms with Crippen LogP contribution in [-0.2, 0) is 24.2 Å². The smallest absolute Gasteiger partial charge is 0.222 e. The van der Waals surface area contributed by atoms with E-state index in [9.17, 15) is 13.6 Å². The molecule has 0 aromatic heterocycles. The second-order valence-corrected chi connectivity index (χ2v) is 7.45. The molecule has 0 aliphatic carbocycles. The summed E-state index contributed by atoms with van der Waals surface area (Å²) < 4.78 is 31.8. The molecule has 0 bridgehead atoms. The quantitative estimate of drug-likeness (QED) is 0.791. The number of amides is 1. The largest absolute Gasteiger partial charge is 0.493 e. The zero-order valence-electron chi connectivity index (χ0n) is 15.8. The molecule has 6 heteroatoms. The molecular weight excluding hydrogens is 362 g/mol. The second-order valence-electron chi connectivity index (χ2n) is 7.45. The number of piperazine rings is 1. The molecule has 0 atom stereocenters. The summed E-state index contributed by atoms with van der Waals surface area (Å²) in [6.07, 6.45) is 1.72. The molecule has 1 amide bonds. The Labute approximate surface area is 163 Å².